The van der Waals surface area contributed by atoms with Crippen LogP contribution in [0.5, 0.6) is 5.75 Å². The van der Waals surface area contributed by atoms with E-state index in [9.17, 15) is 25.0 Å². The zero-order valence-corrected chi connectivity index (χ0v) is 10.9. The van der Waals surface area contributed by atoms with E-state index in [1.807, 2.05) is 0 Å². The first-order valence-corrected chi connectivity index (χ1v) is 5.72. The molecule has 0 aliphatic rings. The second-order valence-electron chi connectivity index (χ2n) is 3.89. The quantitative estimate of drug-likeness (QED) is 0.654. The number of nitro groups is 2. The van der Waals surface area contributed by atoms with Gasteiger partial charge in [-0.15, -0.1) is 0 Å². The molecule has 9 nitrogen and oxygen atoms in total. The fourth-order valence-corrected chi connectivity index (χ4v) is 1.33. The minimum absolute atomic E-state index is 0.0159. The zero-order valence-electron chi connectivity index (χ0n) is 10.9. The fraction of sp³-hybridized carbons (Fsp3) is 0. The summed E-state index contributed by atoms with van der Waals surface area (Å²) in [5, 5.41) is 37.4. The van der Waals surface area contributed by atoms with Crippen molar-refractivity contribution in [3.63, 3.8) is 0 Å². The molecule has 0 radical (unpaired) electrons. The van der Waals surface area contributed by atoms with E-state index in [1.165, 1.54) is 42.5 Å². The van der Waals surface area contributed by atoms with Gasteiger partial charge < -0.3 is 10.2 Å². The fourth-order valence-electron chi connectivity index (χ4n) is 1.33. The van der Waals surface area contributed by atoms with Crippen LogP contribution in [0.3, 0.4) is 0 Å². The number of carbonyl (C=O) groups is 1. The number of non-ortho nitro benzene ring substituents is 2. The number of carboxylic acid groups (broad SMARTS) is 1. The highest BCUT2D eigenvalue weighted by Crippen LogP contribution is 2.15. The number of benzene rings is 2. The summed E-state index contributed by atoms with van der Waals surface area (Å²) in [6.07, 6.45) is 0. The van der Waals surface area contributed by atoms with Crippen LogP contribution in [-0.2, 0) is 0 Å². The van der Waals surface area contributed by atoms with Crippen LogP contribution in [0.15, 0.2) is 48.5 Å². The normalized spacial score (nSPS) is 9.27. The maximum atomic E-state index is 10.4. The van der Waals surface area contributed by atoms with Gasteiger partial charge in [-0.25, -0.2) is 4.79 Å². The Hall–Kier alpha value is -3.49. The number of rotatable bonds is 3. The lowest BCUT2D eigenvalue weighted by Gasteiger charge is -1.92. The van der Waals surface area contributed by atoms with Crippen molar-refractivity contribution in [2.24, 2.45) is 0 Å². The molecule has 0 atom stereocenters. The Bertz CT molecular complexity index is 669. The lowest BCUT2D eigenvalue weighted by atomic mass is 10.2. The maximum absolute atomic E-state index is 10.4. The van der Waals surface area contributed by atoms with Gasteiger partial charge in [0.15, 0.2) is 0 Å². The summed E-state index contributed by atoms with van der Waals surface area (Å²) in [5.41, 5.74) is -0.308. The van der Waals surface area contributed by atoms with Gasteiger partial charge in [0.2, 0.25) is 0 Å². The molecule has 22 heavy (non-hydrogen) atoms. The smallest absolute Gasteiger partial charge is 0.335 e. The van der Waals surface area contributed by atoms with Gasteiger partial charge in [0.05, 0.1) is 15.4 Å². The molecule has 0 aromatic heterocycles. The van der Waals surface area contributed by atoms with Crippen molar-refractivity contribution in [2.75, 3.05) is 0 Å². The predicted molar refractivity (Wildman–Crippen MR) is 74.8 cm³/mol. The third-order valence-electron chi connectivity index (χ3n) is 2.36. The highest BCUT2D eigenvalue weighted by atomic mass is 16.6. The molecule has 0 fully saturated rings. The number of nitro benzene ring substituents is 2. The second-order valence-corrected chi connectivity index (χ2v) is 3.89. The molecular formula is C13H10N2O7. The number of aromatic hydroxyl groups is 1. The van der Waals surface area contributed by atoms with Crippen molar-refractivity contribution >= 4 is 17.3 Å². The van der Waals surface area contributed by atoms with Gasteiger partial charge in [0.25, 0.3) is 11.4 Å². The average molecular weight is 306 g/mol. The molecule has 0 bridgehead atoms. The molecule has 114 valence electrons. The van der Waals surface area contributed by atoms with Crippen LogP contribution >= 0.6 is 0 Å². The van der Waals surface area contributed by atoms with Crippen LogP contribution in [0.4, 0.5) is 11.4 Å². The van der Waals surface area contributed by atoms with Crippen molar-refractivity contribution in [1.29, 1.82) is 0 Å². The summed E-state index contributed by atoms with van der Waals surface area (Å²) >= 11 is 0. The van der Waals surface area contributed by atoms with Crippen LogP contribution in [-0.4, -0.2) is 26.0 Å². The largest absolute Gasteiger partial charge is 0.508 e. The van der Waals surface area contributed by atoms with E-state index in [1.54, 1.807) is 0 Å². The van der Waals surface area contributed by atoms with Crippen LogP contribution in [0.2, 0.25) is 0 Å². The molecular weight excluding hydrogens is 296 g/mol. The SMILES string of the molecule is O=C(O)c1cccc([N+](=O)[O-])c1.O=[N+]([O-])c1ccc(O)cc1. The van der Waals surface area contributed by atoms with E-state index in [0.717, 1.165) is 6.07 Å². The highest BCUT2D eigenvalue weighted by molar-refractivity contribution is 5.88. The van der Waals surface area contributed by atoms with Gasteiger partial charge in [-0.1, -0.05) is 6.07 Å². The Morgan fingerprint density at radius 3 is 1.91 bits per heavy atom. The van der Waals surface area contributed by atoms with Crippen molar-refractivity contribution in [2.45, 2.75) is 0 Å². The Labute approximate surface area is 123 Å². The van der Waals surface area contributed by atoms with Crippen molar-refractivity contribution < 1.29 is 24.9 Å². The topological polar surface area (TPSA) is 144 Å². The summed E-state index contributed by atoms with van der Waals surface area (Å²) in [5.74, 6) is -1.13. The summed E-state index contributed by atoms with van der Waals surface area (Å²) in [7, 11) is 0. The third-order valence-corrected chi connectivity index (χ3v) is 2.36. The molecule has 0 aliphatic heterocycles. The number of hydrogen-bond donors (Lipinski definition) is 2. The molecule has 2 N–H and O–H groups in total. The molecule has 0 unspecified atom stereocenters. The first kappa shape index (κ1) is 16.6. The van der Waals surface area contributed by atoms with Crippen LogP contribution in [0.1, 0.15) is 10.4 Å². The van der Waals surface area contributed by atoms with Crippen LogP contribution in [0.25, 0.3) is 0 Å². The van der Waals surface area contributed by atoms with Gasteiger partial charge in [-0.2, -0.15) is 0 Å². The van der Waals surface area contributed by atoms with Gasteiger partial charge in [0.1, 0.15) is 5.75 Å². The Balaban J connectivity index is 0.000000224. The molecule has 0 saturated heterocycles. The second kappa shape index (κ2) is 7.33. The Morgan fingerprint density at radius 2 is 1.45 bits per heavy atom. The van der Waals surface area contributed by atoms with Crippen molar-refractivity contribution in [1.82, 2.24) is 0 Å². The monoisotopic (exact) mass is 306 g/mol. The standard InChI is InChI=1S/C7H5NO4.C6H5NO3/c9-7(10)5-2-1-3-6(4-5)8(11)12;8-6-3-1-5(2-4-6)7(9)10/h1-4H,(H,9,10);1-4,8H. The molecule has 0 amide bonds. The van der Waals surface area contributed by atoms with E-state index in [4.69, 9.17) is 10.2 Å². The summed E-state index contributed by atoms with van der Waals surface area (Å²) in [6.45, 7) is 0. The van der Waals surface area contributed by atoms with E-state index < -0.39 is 15.8 Å². The van der Waals surface area contributed by atoms with E-state index in [-0.39, 0.29) is 22.7 Å². The number of nitrogens with zero attached hydrogens (tertiary/aromatic N) is 2. The van der Waals surface area contributed by atoms with Gasteiger partial charge in [-0.05, 0) is 18.2 Å². The number of hydrogen-bond acceptors (Lipinski definition) is 6. The molecule has 2 aromatic rings. The van der Waals surface area contributed by atoms with Crippen LogP contribution < -0.4 is 0 Å². The number of carboxylic acids is 1. The van der Waals surface area contributed by atoms with E-state index in [0.29, 0.717) is 0 Å². The number of phenols is 1. The molecule has 0 aliphatic carbocycles. The van der Waals surface area contributed by atoms with Gasteiger partial charge >= 0.3 is 5.97 Å². The average Bonchev–Trinajstić information content (AvgIpc) is 2.48. The Kier molecular flexibility index (Phi) is 5.52. The maximum Gasteiger partial charge on any atom is 0.335 e. The van der Waals surface area contributed by atoms with Crippen molar-refractivity contribution in [3.8, 4) is 5.75 Å². The van der Waals surface area contributed by atoms with Gasteiger partial charge in [-0.3, -0.25) is 20.2 Å². The molecule has 2 aromatic carbocycles. The van der Waals surface area contributed by atoms with Gasteiger partial charge in [0, 0.05) is 24.3 Å². The molecule has 0 spiro atoms. The van der Waals surface area contributed by atoms with Crippen LogP contribution in [0, 0.1) is 20.2 Å². The predicted octanol–water partition coefficient (Wildman–Crippen LogP) is 2.59. The lowest BCUT2D eigenvalue weighted by molar-refractivity contribution is -0.385. The van der Waals surface area contributed by atoms with E-state index in [2.05, 4.69) is 0 Å². The molecule has 9 heteroatoms. The molecule has 0 heterocycles. The zero-order chi connectivity index (χ0) is 16.7. The third kappa shape index (κ3) is 4.89. The first-order chi connectivity index (χ1) is 10.3. The summed E-state index contributed by atoms with van der Waals surface area (Å²) in [6, 6.07) is 9.94. The first-order valence-electron chi connectivity index (χ1n) is 5.72. The highest BCUT2D eigenvalue weighted by Gasteiger charge is 2.09. The number of aromatic carboxylic acids is 1. The molecule has 2 rings (SSSR count). The lowest BCUT2D eigenvalue weighted by Crippen LogP contribution is -1.97. The minimum atomic E-state index is -1.17. The number of phenolic OH excluding ortho intramolecular Hbond substituents is 1. The van der Waals surface area contributed by atoms with Crippen molar-refractivity contribution in [3.05, 3.63) is 74.3 Å². The summed E-state index contributed by atoms with van der Waals surface area (Å²) in [4.78, 5) is 29.4. The van der Waals surface area contributed by atoms with E-state index >= 15 is 0 Å². The molecule has 0 saturated carbocycles. The Morgan fingerprint density at radius 1 is 0.909 bits per heavy atom. The minimum Gasteiger partial charge on any atom is -0.508 e. The summed E-state index contributed by atoms with van der Waals surface area (Å²) < 4.78 is 0.